The lowest BCUT2D eigenvalue weighted by Crippen LogP contribution is -1.96. The van der Waals surface area contributed by atoms with Crippen LogP contribution in [0, 0.1) is 6.92 Å². The smallest absolute Gasteiger partial charge is 0.121 e. The van der Waals surface area contributed by atoms with Gasteiger partial charge >= 0.3 is 0 Å². The molecule has 1 rings (SSSR count). The van der Waals surface area contributed by atoms with Crippen LogP contribution in [-0.2, 0) is 4.84 Å². The molecule has 0 aliphatic carbocycles. The van der Waals surface area contributed by atoms with Gasteiger partial charge in [0.1, 0.15) is 5.75 Å². The van der Waals surface area contributed by atoms with Crippen molar-refractivity contribution in [3.63, 3.8) is 0 Å². The minimum atomic E-state index is 0.886. The third-order valence-corrected chi connectivity index (χ3v) is 1.61. The van der Waals surface area contributed by atoms with Crippen molar-refractivity contribution in [1.82, 2.24) is 0 Å². The summed E-state index contributed by atoms with van der Waals surface area (Å²) in [7, 11) is 3.24. The molecule has 0 aliphatic rings. The molecule has 1 aromatic rings. The molecule has 12 heavy (non-hydrogen) atoms. The molecule has 0 radical (unpaired) electrons. The predicted molar refractivity (Wildman–Crippen MR) is 48.4 cm³/mol. The Morgan fingerprint density at radius 2 is 2.00 bits per heavy atom. The van der Waals surface area contributed by atoms with E-state index in [4.69, 9.17) is 9.57 Å². The Bertz CT molecular complexity index is 261. The summed E-state index contributed by atoms with van der Waals surface area (Å²) in [6.07, 6.45) is 0. The van der Waals surface area contributed by atoms with Crippen molar-refractivity contribution in [2.24, 2.45) is 0 Å². The van der Waals surface area contributed by atoms with E-state index in [2.05, 4.69) is 5.48 Å². The summed E-state index contributed by atoms with van der Waals surface area (Å²) in [6, 6.07) is 5.76. The molecule has 0 bridgehead atoms. The van der Waals surface area contributed by atoms with Crippen LogP contribution in [-0.4, -0.2) is 14.2 Å². The van der Waals surface area contributed by atoms with Gasteiger partial charge in [0.05, 0.1) is 19.9 Å². The van der Waals surface area contributed by atoms with Gasteiger partial charge in [-0.25, -0.2) is 0 Å². The largest absolute Gasteiger partial charge is 0.496 e. The lowest BCUT2D eigenvalue weighted by atomic mass is 10.2. The molecule has 0 amide bonds. The molecule has 1 aromatic carbocycles. The number of nitrogens with one attached hydrogen (secondary N) is 1. The van der Waals surface area contributed by atoms with Gasteiger partial charge in [-0.05, 0) is 30.7 Å². The van der Waals surface area contributed by atoms with Crippen LogP contribution in [0.25, 0.3) is 0 Å². The molecule has 0 fully saturated rings. The van der Waals surface area contributed by atoms with Crippen LogP contribution in [0.15, 0.2) is 18.2 Å². The lowest BCUT2D eigenvalue weighted by molar-refractivity contribution is 0.271. The predicted octanol–water partition coefficient (Wildman–Crippen LogP) is 1.98. The Balaban J connectivity index is 2.86. The van der Waals surface area contributed by atoms with E-state index in [-0.39, 0.29) is 0 Å². The van der Waals surface area contributed by atoms with Crippen molar-refractivity contribution in [1.29, 1.82) is 0 Å². The molecule has 0 aliphatic heterocycles. The molecule has 0 spiro atoms. The van der Waals surface area contributed by atoms with E-state index in [1.807, 2.05) is 25.1 Å². The first-order valence-electron chi connectivity index (χ1n) is 3.71. The monoisotopic (exact) mass is 167 g/mol. The SMILES string of the molecule is CONc1ccc(OC)c(C)c1. The van der Waals surface area contributed by atoms with Gasteiger partial charge in [0.15, 0.2) is 0 Å². The second-order valence-electron chi connectivity index (χ2n) is 2.49. The summed E-state index contributed by atoms with van der Waals surface area (Å²) in [4.78, 5) is 4.77. The number of rotatable bonds is 3. The van der Waals surface area contributed by atoms with Crippen LogP contribution >= 0.6 is 0 Å². The summed E-state index contributed by atoms with van der Waals surface area (Å²) in [5.74, 6) is 0.886. The van der Waals surface area contributed by atoms with Gasteiger partial charge < -0.3 is 4.74 Å². The highest BCUT2D eigenvalue weighted by molar-refractivity contribution is 5.49. The fourth-order valence-electron chi connectivity index (χ4n) is 1.06. The Morgan fingerprint density at radius 1 is 1.25 bits per heavy atom. The van der Waals surface area contributed by atoms with E-state index in [0.717, 1.165) is 17.0 Å². The minimum Gasteiger partial charge on any atom is -0.496 e. The first-order valence-corrected chi connectivity index (χ1v) is 3.71. The summed E-state index contributed by atoms with van der Waals surface area (Å²) >= 11 is 0. The first-order chi connectivity index (χ1) is 5.77. The minimum absolute atomic E-state index is 0.886. The maximum atomic E-state index is 5.11. The molecule has 0 aromatic heterocycles. The molecule has 0 atom stereocenters. The van der Waals surface area contributed by atoms with E-state index in [9.17, 15) is 0 Å². The second-order valence-corrected chi connectivity index (χ2v) is 2.49. The molecular weight excluding hydrogens is 154 g/mol. The quantitative estimate of drug-likeness (QED) is 0.698. The fourth-order valence-corrected chi connectivity index (χ4v) is 1.06. The van der Waals surface area contributed by atoms with Crippen LogP contribution in [0.5, 0.6) is 5.75 Å². The van der Waals surface area contributed by atoms with Crippen molar-refractivity contribution in [2.45, 2.75) is 6.92 Å². The van der Waals surface area contributed by atoms with Crippen LogP contribution in [0.3, 0.4) is 0 Å². The Labute approximate surface area is 72.3 Å². The van der Waals surface area contributed by atoms with Crippen LogP contribution in [0.1, 0.15) is 5.56 Å². The normalized spacial score (nSPS) is 9.58. The number of methoxy groups -OCH3 is 1. The number of hydrogen-bond donors (Lipinski definition) is 1. The highest BCUT2D eigenvalue weighted by Crippen LogP contribution is 2.20. The summed E-state index contributed by atoms with van der Waals surface area (Å²) in [6.45, 7) is 1.99. The molecule has 66 valence electrons. The van der Waals surface area contributed by atoms with Crippen LogP contribution in [0.2, 0.25) is 0 Å². The molecule has 0 saturated heterocycles. The van der Waals surface area contributed by atoms with Gasteiger partial charge in [0.25, 0.3) is 0 Å². The average Bonchev–Trinajstić information content (AvgIpc) is 2.05. The van der Waals surface area contributed by atoms with E-state index in [0.29, 0.717) is 0 Å². The third kappa shape index (κ3) is 1.89. The van der Waals surface area contributed by atoms with Crippen molar-refractivity contribution in [3.05, 3.63) is 23.8 Å². The Kier molecular flexibility index (Phi) is 2.94. The van der Waals surface area contributed by atoms with Crippen molar-refractivity contribution >= 4 is 5.69 Å². The maximum Gasteiger partial charge on any atom is 0.121 e. The first kappa shape index (κ1) is 8.87. The fraction of sp³-hybridized carbons (Fsp3) is 0.333. The Hall–Kier alpha value is -1.22. The highest BCUT2D eigenvalue weighted by Gasteiger charge is 1.98. The molecule has 0 heterocycles. The molecule has 0 unspecified atom stereocenters. The topological polar surface area (TPSA) is 30.5 Å². The van der Waals surface area contributed by atoms with Gasteiger partial charge in [-0.3, -0.25) is 10.3 Å². The van der Waals surface area contributed by atoms with Crippen LogP contribution in [0.4, 0.5) is 5.69 Å². The van der Waals surface area contributed by atoms with Gasteiger partial charge in [0, 0.05) is 0 Å². The van der Waals surface area contributed by atoms with E-state index < -0.39 is 0 Å². The number of benzene rings is 1. The number of hydrogen-bond acceptors (Lipinski definition) is 3. The number of anilines is 1. The van der Waals surface area contributed by atoms with Crippen molar-refractivity contribution < 1.29 is 9.57 Å². The molecule has 3 heteroatoms. The molecule has 0 saturated carbocycles. The van der Waals surface area contributed by atoms with Gasteiger partial charge in [-0.2, -0.15) is 0 Å². The highest BCUT2D eigenvalue weighted by atomic mass is 16.6. The van der Waals surface area contributed by atoms with Gasteiger partial charge in [-0.15, -0.1) is 0 Å². The van der Waals surface area contributed by atoms with Crippen molar-refractivity contribution in [2.75, 3.05) is 19.7 Å². The lowest BCUT2D eigenvalue weighted by Gasteiger charge is -2.07. The summed E-state index contributed by atoms with van der Waals surface area (Å²) in [5.41, 5.74) is 4.75. The zero-order chi connectivity index (χ0) is 8.97. The van der Waals surface area contributed by atoms with E-state index in [1.165, 1.54) is 0 Å². The molecule has 3 nitrogen and oxygen atoms in total. The maximum absolute atomic E-state index is 5.11. The molecule has 1 N–H and O–H groups in total. The summed E-state index contributed by atoms with van der Waals surface area (Å²) < 4.78 is 5.11. The zero-order valence-corrected chi connectivity index (χ0v) is 7.55. The number of ether oxygens (including phenoxy) is 1. The Morgan fingerprint density at radius 3 is 2.50 bits per heavy atom. The van der Waals surface area contributed by atoms with Crippen LogP contribution < -0.4 is 10.2 Å². The standard InChI is InChI=1S/C9H13NO2/c1-7-6-8(10-12-3)4-5-9(7)11-2/h4-6,10H,1-3H3. The molecular formula is C9H13NO2. The van der Waals surface area contributed by atoms with Gasteiger partial charge in [0.2, 0.25) is 0 Å². The van der Waals surface area contributed by atoms with Crippen molar-refractivity contribution in [3.8, 4) is 5.75 Å². The second kappa shape index (κ2) is 3.97. The van der Waals surface area contributed by atoms with Gasteiger partial charge in [-0.1, -0.05) is 0 Å². The zero-order valence-electron chi connectivity index (χ0n) is 7.55. The third-order valence-electron chi connectivity index (χ3n) is 1.61. The number of aryl methyl sites for hydroxylation is 1. The average molecular weight is 167 g/mol. The van der Waals surface area contributed by atoms with E-state index in [1.54, 1.807) is 14.2 Å². The van der Waals surface area contributed by atoms with E-state index >= 15 is 0 Å². The summed E-state index contributed by atoms with van der Waals surface area (Å²) in [5, 5.41) is 0.